The summed E-state index contributed by atoms with van der Waals surface area (Å²) in [5.41, 5.74) is 7.29. The topological polar surface area (TPSA) is 47.6 Å². The molecule has 0 aliphatic carbocycles. The lowest BCUT2D eigenvalue weighted by Crippen LogP contribution is -2.23. The predicted molar refractivity (Wildman–Crippen MR) is 113 cm³/mol. The zero-order chi connectivity index (χ0) is 20.4. The molecule has 1 heterocycles. The molecule has 0 saturated heterocycles. The summed E-state index contributed by atoms with van der Waals surface area (Å²) in [6, 6.07) is 12.4. The summed E-state index contributed by atoms with van der Waals surface area (Å²) in [4.78, 5) is 4.98. The molecule has 0 fully saturated rings. The molecule has 0 bridgehead atoms. The van der Waals surface area contributed by atoms with E-state index in [1.807, 2.05) is 11.5 Å². The van der Waals surface area contributed by atoms with E-state index in [0.29, 0.717) is 38.7 Å². The minimum Gasteiger partial charge on any atom is -0.379 e. The lowest BCUT2D eigenvalue weighted by Gasteiger charge is -2.34. The van der Waals surface area contributed by atoms with Crippen molar-refractivity contribution < 1.29 is 17.9 Å². The van der Waals surface area contributed by atoms with Crippen molar-refractivity contribution in [3.8, 4) is 0 Å². The van der Waals surface area contributed by atoms with Crippen molar-refractivity contribution >= 4 is 48.4 Å². The molecule has 9 heteroatoms. The van der Waals surface area contributed by atoms with Crippen LogP contribution in [0.4, 0.5) is 13.2 Å². The highest BCUT2D eigenvalue weighted by Gasteiger charge is 2.37. The first-order valence-corrected chi connectivity index (χ1v) is 11.6. The molecule has 0 radical (unpaired) electrons. The maximum atomic E-state index is 13.3. The zero-order valence-corrected chi connectivity index (χ0v) is 17.7. The molecule has 0 spiro atoms. The fourth-order valence-corrected chi connectivity index (χ4v) is 6.22. The SMILES string of the molecule is NC1=NC(c2cccc(Cl)c2)=CS1(CCOCBr)c1cccc(C(F)(F)F)c1. The quantitative estimate of drug-likeness (QED) is 0.384. The van der Waals surface area contributed by atoms with Gasteiger partial charge in [-0.25, -0.2) is 4.99 Å². The molecule has 150 valence electrons. The van der Waals surface area contributed by atoms with Crippen LogP contribution < -0.4 is 5.73 Å². The molecule has 0 amide bonds. The van der Waals surface area contributed by atoms with Crippen LogP contribution in [0.5, 0.6) is 0 Å². The van der Waals surface area contributed by atoms with Gasteiger partial charge in [-0.15, -0.1) is 10.0 Å². The number of hydrogen-bond donors (Lipinski definition) is 1. The molecular weight excluding hydrogens is 477 g/mol. The number of ether oxygens (including phenoxy) is 1. The molecule has 0 saturated carbocycles. The highest BCUT2D eigenvalue weighted by atomic mass is 79.9. The van der Waals surface area contributed by atoms with E-state index in [9.17, 15) is 13.2 Å². The first-order valence-electron chi connectivity index (χ1n) is 8.20. The number of amidine groups is 1. The molecule has 3 nitrogen and oxygen atoms in total. The van der Waals surface area contributed by atoms with E-state index >= 15 is 0 Å². The van der Waals surface area contributed by atoms with Crippen molar-refractivity contribution in [1.29, 1.82) is 0 Å². The molecule has 2 aromatic carbocycles. The standard InChI is InChI=1S/C19H17BrClF3N2OS/c20-12-27-7-8-28(16-6-2-4-14(10-16)19(22,23)24)11-17(26-18(28)25)13-3-1-5-15(21)9-13/h1-6,9-11H,7-8,12H2,(H2,25,26). The second-order valence-electron chi connectivity index (χ2n) is 6.00. The van der Waals surface area contributed by atoms with Crippen LogP contribution in [0.1, 0.15) is 11.1 Å². The minimum atomic E-state index is -4.44. The lowest BCUT2D eigenvalue weighted by molar-refractivity contribution is -0.137. The highest BCUT2D eigenvalue weighted by Crippen LogP contribution is 2.62. The Hall–Kier alpha value is -1.48. The number of alkyl halides is 4. The van der Waals surface area contributed by atoms with Gasteiger partial charge in [0.2, 0.25) is 0 Å². The number of nitrogens with two attached hydrogens (primary N) is 1. The maximum Gasteiger partial charge on any atom is 0.416 e. The third-order valence-corrected chi connectivity index (χ3v) is 8.17. The van der Waals surface area contributed by atoms with Crippen molar-refractivity contribution in [1.82, 2.24) is 0 Å². The fourth-order valence-electron chi connectivity index (χ4n) is 2.87. The minimum absolute atomic E-state index is 0.306. The zero-order valence-electron chi connectivity index (χ0n) is 14.5. The van der Waals surface area contributed by atoms with Gasteiger partial charge < -0.3 is 10.5 Å². The molecular formula is C19H17BrClF3N2OS. The fraction of sp³-hybridized carbons (Fsp3) is 0.211. The Labute approximate surface area is 175 Å². The molecule has 1 aliphatic rings. The Morgan fingerprint density at radius 2 is 1.89 bits per heavy atom. The average molecular weight is 494 g/mol. The first-order chi connectivity index (χ1) is 13.3. The van der Waals surface area contributed by atoms with Crippen molar-refractivity contribution in [2.75, 3.05) is 17.9 Å². The van der Waals surface area contributed by atoms with Gasteiger partial charge in [0.25, 0.3) is 0 Å². The van der Waals surface area contributed by atoms with Crippen molar-refractivity contribution in [2.24, 2.45) is 10.7 Å². The van der Waals surface area contributed by atoms with Crippen LogP contribution in [0.25, 0.3) is 5.70 Å². The smallest absolute Gasteiger partial charge is 0.379 e. The van der Waals surface area contributed by atoms with Crippen molar-refractivity contribution in [3.63, 3.8) is 0 Å². The summed E-state index contributed by atoms with van der Waals surface area (Å²) < 4.78 is 45.2. The predicted octanol–water partition coefficient (Wildman–Crippen LogP) is 6.22. The lowest BCUT2D eigenvalue weighted by atomic mass is 10.2. The largest absolute Gasteiger partial charge is 0.416 e. The Bertz CT molecular complexity index is 935. The van der Waals surface area contributed by atoms with Crippen LogP contribution in [0.15, 0.2) is 63.8 Å². The Morgan fingerprint density at radius 1 is 1.14 bits per heavy atom. The van der Waals surface area contributed by atoms with E-state index in [2.05, 4.69) is 20.9 Å². The van der Waals surface area contributed by atoms with Crippen LogP contribution in [0.2, 0.25) is 5.02 Å². The van der Waals surface area contributed by atoms with Gasteiger partial charge in [-0.2, -0.15) is 13.2 Å². The van der Waals surface area contributed by atoms with Gasteiger partial charge in [-0.05, 0) is 35.7 Å². The van der Waals surface area contributed by atoms with E-state index < -0.39 is 21.8 Å². The van der Waals surface area contributed by atoms with Gasteiger partial charge in [0.1, 0.15) is 10.7 Å². The molecule has 1 unspecified atom stereocenters. The molecule has 0 aromatic heterocycles. The van der Waals surface area contributed by atoms with Gasteiger partial charge in [-0.1, -0.05) is 45.7 Å². The summed E-state index contributed by atoms with van der Waals surface area (Å²) in [6.07, 6.45) is -4.44. The Kier molecular flexibility index (Phi) is 6.44. The molecule has 3 rings (SSSR count). The Balaban J connectivity index is 2.10. The normalized spacial score (nSPS) is 21.8. The Morgan fingerprint density at radius 3 is 2.57 bits per heavy atom. The second-order valence-corrected chi connectivity index (χ2v) is 10.0. The summed E-state index contributed by atoms with van der Waals surface area (Å²) >= 11 is 9.26. The van der Waals surface area contributed by atoms with Gasteiger partial charge in [0.05, 0.1) is 17.9 Å². The third kappa shape index (κ3) is 4.40. The first kappa shape index (κ1) is 21.2. The average Bonchev–Trinajstić information content (AvgIpc) is 2.99. The monoisotopic (exact) mass is 492 g/mol. The van der Waals surface area contributed by atoms with Crippen molar-refractivity contribution in [3.05, 3.63) is 70.1 Å². The third-order valence-electron chi connectivity index (χ3n) is 4.25. The van der Waals surface area contributed by atoms with Gasteiger partial charge in [0, 0.05) is 21.2 Å². The van der Waals surface area contributed by atoms with Crippen LogP contribution in [-0.4, -0.2) is 23.0 Å². The highest BCUT2D eigenvalue weighted by molar-refractivity contribution is 9.09. The molecule has 1 atom stereocenters. The maximum absolute atomic E-state index is 13.3. The second kappa shape index (κ2) is 8.49. The van der Waals surface area contributed by atoms with Crippen LogP contribution in [0, 0.1) is 0 Å². The number of rotatable bonds is 6. The molecule has 2 aromatic rings. The molecule has 28 heavy (non-hydrogen) atoms. The molecule has 1 aliphatic heterocycles. The van der Waals surface area contributed by atoms with Crippen LogP contribution in [-0.2, 0) is 10.9 Å². The number of benzene rings is 2. The number of hydrogen-bond acceptors (Lipinski definition) is 3. The van der Waals surface area contributed by atoms with Gasteiger partial charge in [-0.3, -0.25) is 0 Å². The number of nitrogens with zero attached hydrogens (tertiary/aromatic N) is 1. The van der Waals surface area contributed by atoms with Crippen molar-refractivity contribution in [2.45, 2.75) is 11.1 Å². The summed E-state index contributed by atoms with van der Waals surface area (Å²) in [5, 5.41) is 2.72. The number of aliphatic imine (C=N–C) groups is 1. The van der Waals surface area contributed by atoms with E-state index in [0.717, 1.165) is 17.7 Å². The van der Waals surface area contributed by atoms with E-state index in [4.69, 9.17) is 22.1 Å². The van der Waals surface area contributed by atoms with Crippen LogP contribution >= 0.6 is 37.6 Å². The number of halogens is 5. The molecule has 2 N–H and O–H groups in total. The summed E-state index contributed by atoms with van der Waals surface area (Å²) in [6.45, 7) is 0.326. The van der Waals surface area contributed by atoms with E-state index in [1.54, 1.807) is 24.3 Å². The van der Waals surface area contributed by atoms with E-state index in [1.165, 1.54) is 6.07 Å². The van der Waals surface area contributed by atoms with Gasteiger partial charge >= 0.3 is 6.18 Å². The van der Waals surface area contributed by atoms with Gasteiger partial charge in [0.15, 0.2) is 0 Å². The summed E-state index contributed by atoms with van der Waals surface area (Å²) in [7, 11) is -2.11. The van der Waals surface area contributed by atoms with E-state index in [-0.39, 0.29) is 0 Å². The summed E-state index contributed by atoms with van der Waals surface area (Å²) in [5.74, 6) is 0.430. The van der Waals surface area contributed by atoms with Crippen LogP contribution in [0.3, 0.4) is 0 Å².